The smallest absolute Gasteiger partial charge is 0.308 e. The Morgan fingerprint density at radius 3 is 2.00 bits per heavy atom. The minimum atomic E-state index is -1.20. The van der Waals surface area contributed by atoms with E-state index in [0.717, 1.165) is 0 Å². The molecule has 0 saturated carbocycles. The van der Waals surface area contributed by atoms with Crippen molar-refractivity contribution in [3.05, 3.63) is 0 Å². The second kappa shape index (κ2) is 7.50. The highest BCUT2D eigenvalue weighted by Crippen LogP contribution is 2.07. The van der Waals surface area contributed by atoms with E-state index in [-0.39, 0.29) is 30.7 Å². The first-order chi connectivity index (χ1) is 7.11. The number of ether oxygens (including phenoxy) is 1. The standard InChI is InChI=1S/C11H21NO4.ClH/c1-8(2)11(15)16-9(6-10(13)14)7-12(3,4)5;/h8-9H,6-7H2,1-5H3;1H/t9-;/m1./s1. The van der Waals surface area contributed by atoms with E-state index < -0.39 is 12.1 Å². The average Bonchev–Trinajstić information content (AvgIpc) is 1.98. The summed E-state index contributed by atoms with van der Waals surface area (Å²) in [6.45, 7) is 3.88. The van der Waals surface area contributed by atoms with Gasteiger partial charge in [0.05, 0.1) is 27.1 Å². The molecule has 0 saturated heterocycles. The fraction of sp³-hybridized carbons (Fsp3) is 0.818. The quantitative estimate of drug-likeness (QED) is 0.495. The molecule has 0 bridgehead atoms. The van der Waals surface area contributed by atoms with Gasteiger partial charge >= 0.3 is 5.97 Å². The lowest BCUT2D eigenvalue weighted by molar-refractivity contribution is -0.873. The zero-order valence-corrected chi connectivity index (χ0v) is 11.9. The summed E-state index contributed by atoms with van der Waals surface area (Å²) >= 11 is 0. The van der Waals surface area contributed by atoms with Crippen molar-refractivity contribution < 1.29 is 23.9 Å². The summed E-state index contributed by atoms with van der Waals surface area (Å²) in [6.07, 6.45) is -0.881. The van der Waals surface area contributed by atoms with Gasteiger partial charge in [-0.2, -0.15) is 0 Å². The molecule has 0 fully saturated rings. The molecule has 17 heavy (non-hydrogen) atoms. The van der Waals surface area contributed by atoms with E-state index in [2.05, 4.69) is 0 Å². The number of carbonyl (C=O) groups is 2. The van der Waals surface area contributed by atoms with Crippen molar-refractivity contribution in [1.82, 2.24) is 0 Å². The molecule has 0 N–H and O–H groups in total. The average molecular weight is 268 g/mol. The molecule has 0 aliphatic heterocycles. The minimum absolute atomic E-state index is 0. The Morgan fingerprint density at radius 2 is 1.71 bits per heavy atom. The van der Waals surface area contributed by atoms with Crippen LogP contribution in [0.5, 0.6) is 0 Å². The van der Waals surface area contributed by atoms with Crippen LogP contribution in [0.4, 0.5) is 0 Å². The van der Waals surface area contributed by atoms with Gasteiger partial charge in [-0.15, -0.1) is 12.4 Å². The van der Waals surface area contributed by atoms with Crippen molar-refractivity contribution >= 4 is 24.3 Å². The molecule has 102 valence electrons. The maximum Gasteiger partial charge on any atom is 0.308 e. The number of rotatable bonds is 6. The summed E-state index contributed by atoms with van der Waals surface area (Å²) < 4.78 is 5.65. The second-order valence-corrected chi connectivity index (χ2v) is 5.26. The highest BCUT2D eigenvalue weighted by atomic mass is 35.5. The van der Waals surface area contributed by atoms with Crippen LogP contribution >= 0.6 is 12.4 Å². The van der Waals surface area contributed by atoms with Gasteiger partial charge in [0.25, 0.3) is 0 Å². The molecule has 0 aromatic heterocycles. The fourth-order valence-corrected chi connectivity index (χ4v) is 1.24. The van der Waals surface area contributed by atoms with E-state index in [9.17, 15) is 14.7 Å². The van der Waals surface area contributed by atoms with Gasteiger partial charge in [0.1, 0.15) is 6.54 Å². The lowest BCUT2D eigenvalue weighted by Gasteiger charge is -2.29. The van der Waals surface area contributed by atoms with Gasteiger partial charge in [-0.05, 0) is 0 Å². The second-order valence-electron chi connectivity index (χ2n) is 5.26. The Labute approximate surface area is 109 Å². The minimum Gasteiger partial charge on any atom is -0.550 e. The first-order valence-corrected chi connectivity index (χ1v) is 5.32. The first kappa shape index (κ1) is 18.6. The SMILES string of the molecule is CC(C)C(=O)O[C@H](CC(=O)[O-])C[N+](C)(C)C.Cl. The van der Waals surface area contributed by atoms with Gasteiger partial charge in [-0.25, -0.2) is 0 Å². The van der Waals surface area contributed by atoms with Crippen molar-refractivity contribution in [2.75, 3.05) is 27.7 Å². The van der Waals surface area contributed by atoms with Crippen LogP contribution in [0.25, 0.3) is 0 Å². The zero-order chi connectivity index (χ0) is 12.9. The number of hydrogen-bond acceptors (Lipinski definition) is 4. The first-order valence-electron chi connectivity index (χ1n) is 5.32. The van der Waals surface area contributed by atoms with Gasteiger partial charge in [0.15, 0.2) is 6.10 Å². The number of aliphatic carboxylic acids is 1. The van der Waals surface area contributed by atoms with Crippen LogP contribution in [-0.2, 0) is 14.3 Å². The molecule has 0 aliphatic rings. The van der Waals surface area contributed by atoms with Crippen molar-refractivity contribution in [3.8, 4) is 0 Å². The van der Waals surface area contributed by atoms with Crippen LogP contribution in [0.3, 0.4) is 0 Å². The highest BCUT2D eigenvalue weighted by Gasteiger charge is 2.23. The number of halogens is 1. The molecule has 0 spiro atoms. The lowest BCUT2D eigenvalue weighted by Crippen LogP contribution is -2.45. The van der Waals surface area contributed by atoms with Crippen LogP contribution in [0.2, 0.25) is 0 Å². The predicted molar refractivity (Wildman–Crippen MR) is 64.5 cm³/mol. The Morgan fingerprint density at radius 1 is 1.24 bits per heavy atom. The fourth-order valence-electron chi connectivity index (χ4n) is 1.24. The molecule has 0 aliphatic carbocycles. The summed E-state index contributed by atoms with van der Waals surface area (Å²) in [5.41, 5.74) is 0. The van der Waals surface area contributed by atoms with Gasteiger partial charge in [0, 0.05) is 12.4 Å². The molecule has 5 nitrogen and oxygen atoms in total. The molecule has 0 amide bonds. The van der Waals surface area contributed by atoms with E-state index in [4.69, 9.17) is 4.74 Å². The Kier molecular flexibility index (Phi) is 8.19. The number of quaternary nitrogens is 1. The Balaban J connectivity index is 0. The Bertz CT molecular complexity index is 261. The number of carbonyl (C=O) groups excluding carboxylic acids is 2. The molecule has 6 heteroatoms. The largest absolute Gasteiger partial charge is 0.550 e. The monoisotopic (exact) mass is 267 g/mol. The van der Waals surface area contributed by atoms with Gasteiger partial charge in [-0.1, -0.05) is 13.8 Å². The molecular formula is C11H22ClNO4. The predicted octanol–water partition coefficient (Wildman–Crippen LogP) is -0.178. The molecule has 0 heterocycles. The topological polar surface area (TPSA) is 66.4 Å². The molecule has 0 aromatic rings. The maximum atomic E-state index is 11.4. The zero-order valence-electron chi connectivity index (χ0n) is 11.1. The molecule has 0 radical (unpaired) electrons. The van der Waals surface area contributed by atoms with E-state index >= 15 is 0 Å². The third kappa shape index (κ3) is 10.1. The molecule has 0 unspecified atom stereocenters. The van der Waals surface area contributed by atoms with Crippen LogP contribution in [0.15, 0.2) is 0 Å². The molecule has 0 aromatic carbocycles. The number of carboxylic acids is 1. The van der Waals surface area contributed by atoms with E-state index in [0.29, 0.717) is 11.0 Å². The molecule has 1 atom stereocenters. The third-order valence-electron chi connectivity index (χ3n) is 1.90. The Hall–Kier alpha value is -0.810. The van der Waals surface area contributed by atoms with Gasteiger partial charge in [-0.3, -0.25) is 4.79 Å². The van der Waals surface area contributed by atoms with E-state index in [1.54, 1.807) is 13.8 Å². The van der Waals surface area contributed by atoms with Gasteiger partial charge in [0.2, 0.25) is 0 Å². The summed E-state index contributed by atoms with van der Waals surface area (Å²) in [7, 11) is 5.72. The van der Waals surface area contributed by atoms with Crippen LogP contribution < -0.4 is 5.11 Å². The van der Waals surface area contributed by atoms with Crippen LogP contribution in [0.1, 0.15) is 20.3 Å². The van der Waals surface area contributed by atoms with Crippen molar-refractivity contribution in [2.24, 2.45) is 5.92 Å². The van der Waals surface area contributed by atoms with E-state index in [1.807, 2.05) is 21.1 Å². The number of nitrogens with zero attached hydrogens (tertiary/aromatic N) is 1. The highest BCUT2D eigenvalue weighted by molar-refractivity contribution is 5.85. The third-order valence-corrected chi connectivity index (χ3v) is 1.90. The van der Waals surface area contributed by atoms with Crippen molar-refractivity contribution in [1.29, 1.82) is 0 Å². The number of hydrogen-bond donors (Lipinski definition) is 0. The van der Waals surface area contributed by atoms with Crippen molar-refractivity contribution in [2.45, 2.75) is 26.4 Å². The van der Waals surface area contributed by atoms with Crippen LogP contribution in [0, 0.1) is 5.92 Å². The number of esters is 1. The lowest BCUT2D eigenvalue weighted by atomic mass is 10.2. The van der Waals surface area contributed by atoms with E-state index in [1.165, 1.54) is 0 Å². The maximum absolute atomic E-state index is 11.4. The molecular weight excluding hydrogens is 246 g/mol. The van der Waals surface area contributed by atoms with Crippen LogP contribution in [-0.4, -0.2) is 50.2 Å². The number of likely N-dealkylation sites (N-methyl/N-ethyl adjacent to an activating group) is 1. The normalized spacial score (nSPS) is 12.8. The van der Waals surface area contributed by atoms with Crippen molar-refractivity contribution in [3.63, 3.8) is 0 Å². The summed E-state index contributed by atoms with van der Waals surface area (Å²) in [5.74, 6) is -1.83. The number of carboxylic acid groups (broad SMARTS) is 1. The molecule has 0 rings (SSSR count). The summed E-state index contributed by atoms with van der Waals surface area (Å²) in [4.78, 5) is 21.9. The summed E-state index contributed by atoms with van der Waals surface area (Å²) in [6, 6.07) is 0. The summed E-state index contributed by atoms with van der Waals surface area (Å²) in [5, 5.41) is 10.5. The van der Waals surface area contributed by atoms with Gasteiger partial charge < -0.3 is 19.1 Å².